The molecule has 1 amide bonds. The van der Waals surface area contributed by atoms with Gasteiger partial charge in [-0.05, 0) is 19.2 Å². The number of anilines is 1. The molecule has 3 heterocycles. The molecular weight excluding hydrogens is 310 g/mol. The van der Waals surface area contributed by atoms with Gasteiger partial charge in [-0.2, -0.15) is 0 Å². The van der Waals surface area contributed by atoms with Crippen LogP contribution >= 0.6 is 11.3 Å². The summed E-state index contributed by atoms with van der Waals surface area (Å²) in [4.78, 5) is 20.5. The minimum absolute atomic E-state index is 0.140. The van der Waals surface area contributed by atoms with E-state index in [2.05, 4.69) is 22.2 Å². The second-order valence-electron chi connectivity index (χ2n) is 5.83. The van der Waals surface area contributed by atoms with Gasteiger partial charge >= 0.3 is 0 Å². The van der Waals surface area contributed by atoms with Crippen molar-refractivity contribution >= 4 is 28.5 Å². The van der Waals surface area contributed by atoms with E-state index in [1.807, 2.05) is 30.3 Å². The van der Waals surface area contributed by atoms with Crippen LogP contribution in [0.25, 0.3) is 6.08 Å². The summed E-state index contributed by atoms with van der Waals surface area (Å²) in [7, 11) is 2.10. The Morgan fingerprint density at radius 1 is 1.39 bits per heavy atom. The number of benzene rings is 1. The van der Waals surface area contributed by atoms with Crippen molar-refractivity contribution in [3.63, 3.8) is 0 Å². The summed E-state index contributed by atoms with van der Waals surface area (Å²) in [6.45, 7) is 2.21. The molecule has 0 radical (unpaired) electrons. The Morgan fingerprint density at radius 2 is 2.26 bits per heavy atom. The molecule has 2 aliphatic heterocycles. The number of likely N-dealkylation sites (N-methyl/N-ethyl adjacent to an activating group) is 1. The largest absolute Gasteiger partial charge is 0.488 e. The second-order valence-corrected chi connectivity index (χ2v) is 6.91. The van der Waals surface area contributed by atoms with Crippen LogP contribution in [-0.2, 0) is 17.8 Å². The van der Waals surface area contributed by atoms with Crippen molar-refractivity contribution in [3.05, 3.63) is 46.0 Å². The Labute approximate surface area is 138 Å². The molecular formula is C17H17N3O2S. The first-order chi connectivity index (χ1) is 11.2. The molecule has 0 bridgehead atoms. The van der Waals surface area contributed by atoms with Crippen LogP contribution in [0.5, 0.6) is 5.75 Å². The highest BCUT2D eigenvalue weighted by molar-refractivity contribution is 7.15. The van der Waals surface area contributed by atoms with Crippen LogP contribution in [0, 0.1) is 0 Å². The predicted molar refractivity (Wildman–Crippen MR) is 90.7 cm³/mol. The summed E-state index contributed by atoms with van der Waals surface area (Å²) in [5, 5.41) is 3.59. The van der Waals surface area contributed by atoms with Crippen molar-refractivity contribution in [1.29, 1.82) is 0 Å². The number of fused-ring (bicyclic) bond motifs is 2. The summed E-state index contributed by atoms with van der Waals surface area (Å²) in [5.41, 5.74) is 2.67. The number of thiazole rings is 1. The number of ether oxygens (including phenoxy) is 1. The van der Waals surface area contributed by atoms with Gasteiger partial charge in [0.05, 0.1) is 11.3 Å². The SMILES string of the molecule is CN1CCc2nc(NC(=O)C3=Cc4ccccc4OC3)sc2C1. The van der Waals surface area contributed by atoms with Crippen molar-refractivity contribution in [2.45, 2.75) is 13.0 Å². The third-order valence-electron chi connectivity index (χ3n) is 4.07. The molecule has 118 valence electrons. The molecule has 0 fully saturated rings. The molecule has 2 aromatic rings. The number of rotatable bonds is 2. The summed E-state index contributed by atoms with van der Waals surface area (Å²) in [6.07, 6.45) is 2.83. The molecule has 0 unspecified atom stereocenters. The Morgan fingerprint density at radius 3 is 3.17 bits per heavy atom. The lowest BCUT2D eigenvalue weighted by Crippen LogP contribution is -2.25. The first-order valence-corrected chi connectivity index (χ1v) is 8.41. The maximum atomic E-state index is 12.5. The lowest BCUT2D eigenvalue weighted by Gasteiger charge is -2.20. The number of nitrogens with zero attached hydrogens (tertiary/aromatic N) is 2. The minimum atomic E-state index is -0.140. The zero-order chi connectivity index (χ0) is 15.8. The van der Waals surface area contributed by atoms with Crippen LogP contribution < -0.4 is 10.1 Å². The van der Waals surface area contributed by atoms with Gasteiger partial charge in [0.25, 0.3) is 5.91 Å². The summed E-state index contributed by atoms with van der Waals surface area (Å²) in [5.74, 6) is 0.677. The Kier molecular flexibility index (Phi) is 3.63. The van der Waals surface area contributed by atoms with E-state index in [9.17, 15) is 4.79 Å². The average Bonchev–Trinajstić information content (AvgIpc) is 2.95. The van der Waals surface area contributed by atoms with Gasteiger partial charge in [-0.3, -0.25) is 10.1 Å². The highest BCUT2D eigenvalue weighted by Gasteiger charge is 2.21. The molecule has 0 saturated carbocycles. The zero-order valence-electron chi connectivity index (χ0n) is 12.8. The molecule has 1 N–H and O–H groups in total. The first-order valence-electron chi connectivity index (χ1n) is 7.60. The lowest BCUT2D eigenvalue weighted by atomic mass is 10.1. The molecule has 1 aromatic carbocycles. The van der Waals surface area contributed by atoms with Crippen molar-refractivity contribution < 1.29 is 9.53 Å². The number of nitrogens with one attached hydrogen (secondary N) is 1. The molecule has 5 nitrogen and oxygen atoms in total. The molecule has 4 rings (SSSR count). The fraction of sp³-hybridized carbons (Fsp3) is 0.294. The van der Waals surface area contributed by atoms with E-state index in [4.69, 9.17) is 4.74 Å². The lowest BCUT2D eigenvalue weighted by molar-refractivity contribution is -0.113. The number of hydrogen-bond donors (Lipinski definition) is 1. The molecule has 0 aliphatic carbocycles. The van der Waals surface area contributed by atoms with E-state index < -0.39 is 0 Å². The molecule has 23 heavy (non-hydrogen) atoms. The van der Waals surface area contributed by atoms with Gasteiger partial charge in [-0.15, -0.1) is 11.3 Å². The molecule has 0 atom stereocenters. The molecule has 6 heteroatoms. The van der Waals surface area contributed by atoms with Crippen LogP contribution in [0.4, 0.5) is 5.13 Å². The third kappa shape index (κ3) is 2.87. The monoisotopic (exact) mass is 327 g/mol. The number of para-hydroxylation sites is 1. The fourth-order valence-electron chi connectivity index (χ4n) is 2.80. The summed E-state index contributed by atoms with van der Waals surface area (Å²) >= 11 is 1.56. The smallest absolute Gasteiger partial charge is 0.256 e. The Balaban J connectivity index is 1.52. The van der Waals surface area contributed by atoms with Gasteiger partial charge in [0.2, 0.25) is 0 Å². The highest BCUT2D eigenvalue weighted by Crippen LogP contribution is 2.29. The minimum Gasteiger partial charge on any atom is -0.488 e. The number of aromatic nitrogens is 1. The van der Waals surface area contributed by atoms with Crippen LogP contribution in [0.1, 0.15) is 16.1 Å². The maximum absolute atomic E-state index is 12.5. The van der Waals surface area contributed by atoms with Gasteiger partial charge in [0, 0.05) is 30.0 Å². The van der Waals surface area contributed by atoms with E-state index in [1.165, 1.54) is 4.88 Å². The highest BCUT2D eigenvalue weighted by atomic mass is 32.1. The standard InChI is InChI=1S/C17H17N3O2S/c1-20-7-6-13-15(9-20)23-17(18-13)19-16(21)12-8-11-4-2-3-5-14(11)22-10-12/h2-5,8H,6-7,9-10H2,1H3,(H,18,19,21). The van der Waals surface area contributed by atoms with Gasteiger partial charge in [0.15, 0.2) is 5.13 Å². The zero-order valence-corrected chi connectivity index (χ0v) is 13.7. The number of carbonyl (C=O) groups is 1. The van der Waals surface area contributed by atoms with Crippen LogP contribution in [0.3, 0.4) is 0 Å². The summed E-state index contributed by atoms with van der Waals surface area (Å²) < 4.78 is 5.64. The predicted octanol–water partition coefficient (Wildman–Crippen LogP) is 2.55. The van der Waals surface area contributed by atoms with Crippen molar-refractivity contribution in [2.24, 2.45) is 0 Å². The third-order valence-corrected chi connectivity index (χ3v) is 5.06. The first kappa shape index (κ1) is 14.4. The Bertz CT molecular complexity index is 797. The summed E-state index contributed by atoms with van der Waals surface area (Å²) in [6, 6.07) is 7.71. The normalized spacial score (nSPS) is 16.8. The fourth-order valence-corrected chi connectivity index (χ4v) is 3.88. The van der Waals surface area contributed by atoms with Crippen LogP contribution in [-0.4, -0.2) is 36.0 Å². The average molecular weight is 327 g/mol. The van der Waals surface area contributed by atoms with Gasteiger partial charge in [-0.1, -0.05) is 18.2 Å². The molecule has 2 aliphatic rings. The van der Waals surface area contributed by atoms with E-state index >= 15 is 0 Å². The number of amides is 1. The molecule has 0 saturated heterocycles. The molecule has 0 spiro atoms. The second kappa shape index (κ2) is 5.79. The quantitative estimate of drug-likeness (QED) is 0.921. The van der Waals surface area contributed by atoms with Crippen molar-refractivity contribution in [3.8, 4) is 5.75 Å². The topological polar surface area (TPSA) is 54.5 Å². The van der Waals surface area contributed by atoms with E-state index in [1.54, 1.807) is 11.3 Å². The maximum Gasteiger partial charge on any atom is 0.256 e. The van der Waals surface area contributed by atoms with Gasteiger partial charge < -0.3 is 9.64 Å². The Hall–Kier alpha value is -2.18. The number of carbonyl (C=O) groups excluding carboxylic acids is 1. The van der Waals surface area contributed by atoms with Crippen LogP contribution in [0.2, 0.25) is 0 Å². The van der Waals surface area contributed by atoms with E-state index in [-0.39, 0.29) is 12.5 Å². The van der Waals surface area contributed by atoms with Crippen molar-refractivity contribution in [2.75, 3.05) is 25.5 Å². The van der Waals surface area contributed by atoms with E-state index in [0.717, 1.165) is 36.5 Å². The van der Waals surface area contributed by atoms with Crippen molar-refractivity contribution in [1.82, 2.24) is 9.88 Å². The van der Waals surface area contributed by atoms with Gasteiger partial charge in [0.1, 0.15) is 12.4 Å². The van der Waals surface area contributed by atoms with Crippen LogP contribution in [0.15, 0.2) is 29.8 Å². The number of hydrogen-bond acceptors (Lipinski definition) is 5. The van der Waals surface area contributed by atoms with Gasteiger partial charge in [-0.25, -0.2) is 4.98 Å². The van der Waals surface area contributed by atoms with E-state index in [0.29, 0.717) is 10.7 Å². The molecule has 1 aromatic heterocycles.